The number of aromatic nitrogens is 2. The van der Waals surface area contributed by atoms with E-state index in [-0.39, 0.29) is 5.91 Å². The molecule has 1 saturated heterocycles. The van der Waals surface area contributed by atoms with Gasteiger partial charge in [-0.05, 0) is 48.2 Å². The van der Waals surface area contributed by atoms with E-state index in [2.05, 4.69) is 33.1 Å². The molecule has 3 aromatic rings. The molecule has 4 rings (SSSR count). The van der Waals surface area contributed by atoms with Gasteiger partial charge in [0.05, 0.1) is 5.41 Å². The summed E-state index contributed by atoms with van der Waals surface area (Å²) >= 11 is 0. The van der Waals surface area contributed by atoms with Crippen molar-refractivity contribution in [1.82, 2.24) is 14.9 Å². The van der Waals surface area contributed by atoms with Gasteiger partial charge in [0.15, 0.2) is 0 Å². The summed E-state index contributed by atoms with van der Waals surface area (Å²) in [7, 11) is 0. The fraction of sp³-hybridized carbons (Fsp3) is 0.261. The number of carbonyl (C=O) groups is 1. The molecule has 5 heteroatoms. The zero-order valence-corrected chi connectivity index (χ0v) is 15.8. The van der Waals surface area contributed by atoms with E-state index in [1.807, 2.05) is 42.7 Å². The van der Waals surface area contributed by atoms with Crippen LogP contribution in [0.5, 0.6) is 0 Å². The standard InChI is InChI=1S/C23H24N4O/c24-22(28)23(9-12-27(17-23)16-18-5-3-10-25-14-18)13-19-6-1-2-8-21(19)20-7-4-11-26-15-20/h1-8,10-11,14-15H,9,12-13,16-17H2,(H2,24,28)/t23-/m1/s1. The zero-order chi connectivity index (χ0) is 19.4. The molecule has 1 amide bonds. The Morgan fingerprint density at radius 3 is 2.54 bits per heavy atom. The predicted molar refractivity (Wildman–Crippen MR) is 109 cm³/mol. The van der Waals surface area contributed by atoms with Gasteiger partial charge >= 0.3 is 0 Å². The van der Waals surface area contributed by atoms with E-state index < -0.39 is 5.41 Å². The van der Waals surface area contributed by atoms with Gasteiger partial charge in [-0.2, -0.15) is 0 Å². The number of amides is 1. The summed E-state index contributed by atoms with van der Waals surface area (Å²) in [5.74, 6) is -0.220. The van der Waals surface area contributed by atoms with E-state index in [1.165, 1.54) is 0 Å². The minimum Gasteiger partial charge on any atom is -0.369 e. The molecule has 142 valence electrons. The van der Waals surface area contributed by atoms with E-state index in [4.69, 9.17) is 5.73 Å². The van der Waals surface area contributed by atoms with Crippen LogP contribution < -0.4 is 5.73 Å². The first kappa shape index (κ1) is 18.3. The Balaban J connectivity index is 1.58. The van der Waals surface area contributed by atoms with E-state index in [9.17, 15) is 4.79 Å². The van der Waals surface area contributed by atoms with E-state index >= 15 is 0 Å². The number of nitrogens with zero attached hydrogens (tertiary/aromatic N) is 3. The lowest BCUT2D eigenvalue weighted by atomic mass is 9.78. The molecule has 0 saturated carbocycles. The minimum atomic E-state index is -0.555. The Morgan fingerprint density at radius 1 is 1.04 bits per heavy atom. The molecule has 1 aromatic carbocycles. The summed E-state index contributed by atoms with van der Waals surface area (Å²) < 4.78 is 0. The fourth-order valence-corrected chi connectivity index (χ4v) is 4.12. The highest BCUT2D eigenvalue weighted by Gasteiger charge is 2.43. The molecule has 1 atom stereocenters. The molecule has 2 aromatic heterocycles. The molecule has 1 aliphatic rings. The second-order valence-electron chi connectivity index (χ2n) is 7.54. The van der Waals surface area contributed by atoms with Gasteiger partial charge in [-0.3, -0.25) is 19.7 Å². The number of hydrogen-bond acceptors (Lipinski definition) is 4. The molecule has 0 radical (unpaired) electrons. The number of likely N-dealkylation sites (tertiary alicyclic amines) is 1. The summed E-state index contributed by atoms with van der Waals surface area (Å²) in [6, 6.07) is 16.2. The maximum absolute atomic E-state index is 12.5. The maximum Gasteiger partial charge on any atom is 0.225 e. The third kappa shape index (κ3) is 3.80. The Hall–Kier alpha value is -3.05. The first-order valence-corrected chi connectivity index (χ1v) is 9.56. The first-order chi connectivity index (χ1) is 13.7. The molecule has 0 bridgehead atoms. The van der Waals surface area contributed by atoms with Gasteiger partial charge in [-0.15, -0.1) is 0 Å². The first-order valence-electron chi connectivity index (χ1n) is 9.56. The topological polar surface area (TPSA) is 72.1 Å². The Kier molecular flexibility index (Phi) is 5.17. The van der Waals surface area contributed by atoms with Crippen molar-refractivity contribution in [2.24, 2.45) is 11.1 Å². The minimum absolute atomic E-state index is 0.220. The summed E-state index contributed by atoms with van der Waals surface area (Å²) in [6.07, 6.45) is 8.68. The van der Waals surface area contributed by atoms with Gasteiger partial charge in [0.2, 0.25) is 5.91 Å². The Bertz CT molecular complexity index is 945. The predicted octanol–water partition coefficient (Wildman–Crippen LogP) is 3.06. The molecular formula is C23H24N4O. The summed E-state index contributed by atoms with van der Waals surface area (Å²) in [5.41, 5.74) is 9.84. The number of pyridine rings is 2. The van der Waals surface area contributed by atoms with Crippen LogP contribution in [0.1, 0.15) is 17.5 Å². The van der Waals surface area contributed by atoms with Crippen LogP contribution in [0.4, 0.5) is 0 Å². The van der Waals surface area contributed by atoms with Crippen molar-refractivity contribution in [3.63, 3.8) is 0 Å². The lowest BCUT2D eigenvalue weighted by molar-refractivity contribution is -0.127. The second-order valence-corrected chi connectivity index (χ2v) is 7.54. The third-order valence-electron chi connectivity index (χ3n) is 5.60. The monoisotopic (exact) mass is 372 g/mol. The van der Waals surface area contributed by atoms with Gasteiger partial charge in [0, 0.05) is 43.4 Å². The smallest absolute Gasteiger partial charge is 0.225 e. The number of primary amides is 1. The lowest BCUT2D eigenvalue weighted by Gasteiger charge is -2.27. The largest absolute Gasteiger partial charge is 0.369 e. The van der Waals surface area contributed by atoms with E-state index in [0.717, 1.165) is 41.8 Å². The average Bonchev–Trinajstić information content (AvgIpc) is 3.14. The van der Waals surface area contributed by atoms with Crippen LogP contribution in [-0.4, -0.2) is 33.9 Å². The van der Waals surface area contributed by atoms with Crippen LogP contribution in [0, 0.1) is 5.41 Å². The number of benzene rings is 1. The van der Waals surface area contributed by atoms with Crippen LogP contribution in [0.15, 0.2) is 73.3 Å². The lowest BCUT2D eigenvalue weighted by Crippen LogP contribution is -2.41. The van der Waals surface area contributed by atoms with E-state index in [1.54, 1.807) is 12.4 Å². The average molecular weight is 372 g/mol. The quantitative estimate of drug-likeness (QED) is 0.722. The highest BCUT2D eigenvalue weighted by molar-refractivity contribution is 5.82. The van der Waals surface area contributed by atoms with Crippen LogP contribution in [-0.2, 0) is 17.8 Å². The number of carbonyl (C=O) groups excluding carboxylic acids is 1. The molecule has 3 heterocycles. The maximum atomic E-state index is 12.5. The summed E-state index contributed by atoms with van der Waals surface area (Å²) in [5, 5.41) is 0. The number of hydrogen-bond donors (Lipinski definition) is 1. The van der Waals surface area contributed by atoms with Crippen molar-refractivity contribution in [3.05, 3.63) is 84.4 Å². The molecule has 0 unspecified atom stereocenters. The van der Waals surface area contributed by atoms with Crippen molar-refractivity contribution >= 4 is 5.91 Å². The van der Waals surface area contributed by atoms with Crippen molar-refractivity contribution in [2.45, 2.75) is 19.4 Å². The van der Waals surface area contributed by atoms with E-state index in [0.29, 0.717) is 13.0 Å². The van der Waals surface area contributed by atoms with Crippen molar-refractivity contribution in [1.29, 1.82) is 0 Å². The van der Waals surface area contributed by atoms with Crippen LogP contribution in [0.2, 0.25) is 0 Å². The SMILES string of the molecule is NC(=O)[C@@]1(Cc2ccccc2-c2cccnc2)CCN(Cc2cccnc2)C1. The molecule has 5 nitrogen and oxygen atoms in total. The molecule has 0 aliphatic carbocycles. The second kappa shape index (κ2) is 7.90. The Morgan fingerprint density at radius 2 is 1.82 bits per heavy atom. The molecule has 28 heavy (non-hydrogen) atoms. The molecular weight excluding hydrogens is 348 g/mol. The van der Waals surface area contributed by atoms with Crippen molar-refractivity contribution in [3.8, 4) is 11.1 Å². The number of nitrogens with two attached hydrogens (primary N) is 1. The zero-order valence-electron chi connectivity index (χ0n) is 15.8. The Labute approximate surface area is 165 Å². The highest BCUT2D eigenvalue weighted by Crippen LogP contribution is 2.37. The number of rotatable bonds is 6. The van der Waals surface area contributed by atoms with Crippen LogP contribution in [0.25, 0.3) is 11.1 Å². The molecule has 1 aliphatic heterocycles. The molecule has 2 N–H and O–H groups in total. The van der Waals surface area contributed by atoms with Gasteiger partial charge in [0.1, 0.15) is 0 Å². The van der Waals surface area contributed by atoms with Gasteiger partial charge < -0.3 is 5.73 Å². The normalized spacial score (nSPS) is 19.6. The van der Waals surface area contributed by atoms with Crippen LogP contribution in [0.3, 0.4) is 0 Å². The molecule has 1 fully saturated rings. The van der Waals surface area contributed by atoms with Gasteiger partial charge in [-0.1, -0.05) is 36.4 Å². The summed E-state index contributed by atoms with van der Waals surface area (Å²) in [4.78, 5) is 23.3. The highest BCUT2D eigenvalue weighted by atomic mass is 16.1. The third-order valence-corrected chi connectivity index (χ3v) is 5.60. The van der Waals surface area contributed by atoms with Gasteiger partial charge in [0.25, 0.3) is 0 Å². The summed E-state index contributed by atoms with van der Waals surface area (Å²) in [6.45, 7) is 2.30. The van der Waals surface area contributed by atoms with Crippen LogP contribution >= 0.6 is 0 Å². The fourth-order valence-electron chi connectivity index (χ4n) is 4.12. The van der Waals surface area contributed by atoms with Gasteiger partial charge in [-0.25, -0.2) is 0 Å². The van der Waals surface area contributed by atoms with Crippen molar-refractivity contribution in [2.75, 3.05) is 13.1 Å². The van der Waals surface area contributed by atoms with Crippen molar-refractivity contribution < 1.29 is 4.79 Å². The molecule has 0 spiro atoms.